The number of likely N-dealkylation sites (tertiary alicyclic amines) is 1. The third-order valence-electron chi connectivity index (χ3n) is 4.72. The van der Waals surface area contributed by atoms with E-state index < -0.39 is 0 Å². The summed E-state index contributed by atoms with van der Waals surface area (Å²) >= 11 is 1.37. The number of nitrogens with zero attached hydrogens (tertiary/aromatic N) is 1. The molecule has 0 unspecified atom stereocenters. The molecule has 1 fully saturated rings. The number of hydrogen-bond donors (Lipinski definition) is 1. The predicted molar refractivity (Wildman–Crippen MR) is 109 cm³/mol. The van der Waals surface area contributed by atoms with Gasteiger partial charge in [0.2, 0.25) is 5.91 Å². The number of amides is 2. The summed E-state index contributed by atoms with van der Waals surface area (Å²) < 4.78 is 13.1. The Labute approximate surface area is 166 Å². The maximum atomic E-state index is 13.1. The van der Waals surface area contributed by atoms with Crippen LogP contribution in [0.15, 0.2) is 60.7 Å². The van der Waals surface area contributed by atoms with Gasteiger partial charge in [0, 0.05) is 30.1 Å². The molecule has 1 aliphatic heterocycles. The van der Waals surface area contributed by atoms with Gasteiger partial charge < -0.3 is 10.2 Å². The van der Waals surface area contributed by atoms with Crippen molar-refractivity contribution < 1.29 is 14.0 Å². The van der Waals surface area contributed by atoms with Crippen molar-refractivity contribution in [3.63, 3.8) is 0 Å². The number of benzene rings is 2. The lowest BCUT2D eigenvalue weighted by molar-refractivity contribution is -0.128. The average molecular weight is 394 g/mol. The molecule has 4 nitrogen and oxygen atoms in total. The third kappa shape index (κ3) is 4.12. The van der Waals surface area contributed by atoms with Crippen LogP contribution in [0.1, 0.15) is 28.1 Å². The Hall–Kier alpha value is -2.99. The van der Waals surface area contributed by atoms with Crippen LogP contribution in [0.4, 0.5) is 10.1 Å². The summed E-state index contributed by atoms with van der Waals surface area (Å²) in [5.74, 6) is -0.260. The van der Waals surface area contributed by atoms with Crippen molar-refractivity contribution >= 4 is 28.8 Å². The van der Waals surface area contributed by atoms with Gasteiger partial charge in [0.05, 0.1) is 4.88 Å². The van der Waals surface area contributed by atoms with Crippen molar-refractivity contribution in [2.24, 2.45) is 0 Å². The zero-order valence-electron chi connectivity index (χ0n) is 15.2. The maximum absolute atomic E-state index is 13.1. The molecule has 3 aromatic rings. The Morgan fingerprint density at radius 1 is 1.04 bits per heavy atom. The van der Waals surface area contributed by atoms with E-state index >= 15 is 0 Å². The molecule has 1 saturated heterocycles. The summed E-state index contributed by atoms with van der Waals surface area (Å²) in [4.78, 5) is 27.6. The topological polar surface area (TPSA) is 49.4 Å². The molecule has 6 heteroatoms. The highest BCUT2D eigenvalue weighted by atomic mass is 32.1. The minimum absolute atomic E-state index is 0.180. The van der Waals surface area contributed by atoms with Gasteiger partial charge in [-0.15, -0.1) is 11.3 Å². The molecule has 0 saturated carbocycles. The van der Waals surface area contributed by atoms with E-state index in [4.69, 9.17) is 0 Å². The number of carbonyl (C=O) groups excluding carboxylic acids is 2. The monoisotopic (exact) mass is 394 g/mol. The molecule has 1 aromatic heterocycles. The van der Waals surface area contributed by atoms with Crippen LogP contribution in [0, 0.1) is 5.82 Å². The minimum atomic E-state index is -0.282. The molecule has 0 aliphatic carbocycles. The van der Waals surface area contributed by atoms with Gasteiger partial charge in [-0.3, -0.25) is 9.59 Å². The van der Waals surface area contributed by atoms with Crippen LogP contribution in [0.5, 0.6) is 0 Å². The minimum Gasteiger partial charge on any atom is -0.338 e. The number of thiophene rings is 1. The van der Waals surface area contributed by atoms with Gasteiger partial charge in [-0.2, -0.15) is 0 Å². The van der Waals surface area contributed by atoms with E-state index in [1.807, 2.05) is 35.2 Å². The average Bonchev–Trinajstić information content (AvgIpc) is 3.34. The standard InChI is InChI=1S/C22H19FN2O2S/c23-17-7-5-16(6-8-17)19-11-12-20(28-19)22(27)24-18-9-3-15(4-10-18)14-25-13-1-2-21(25)26/h3-12H,1-2,13-14H2,(H,24,27). The fraction of sp³-hybridized carbons (Fsp3) is 0.182. The Balaban J connectivity index is 1.39. The van der Waals surface area contributed by atoms with Crippen LogP contribution < -0.4 is 5.32 Å². The lowest BCUT2D eigenvalue weighted by Crippen LogP contribution is -2.23. The zero-order valence-corrected chi connectivity index (χ0v) is 16.0. The Morgan fingerprint density at radius 3 is 2.46 bits per heavy atom. The van der Waals surface area contributed by atoms with Gasteiger partial charge in [0.15, 0.2) is 0 Å². The van der Waals surface area contributed by atoms with Crippen molar-refractivity contribution in [3.8, 4) is 10.4 Å². The van der Waals surface area contributed by atoms with E-state index in [2.05, 4.69) is 5.32 Å². The van der Waals surface area contributed by atoms with E-state index in [0.29, 0.717) is 23.5 Å². The SMILES string of the molecule is O=C(Nc1ccc(CN2CCCC2=O)cc1)c1ccc(-c2ccc(F)cc2)s1. The van der Waals surface area contributed by atoms with E-state index in [9.17, 15) is 14.0 Å². The lowest BCUT2D eigenvalue weighted by atomic mass is 10.2. The van der Waals surface area contributed by atoms with Crippen molar-refractivity contribution in [1.82, 2.24) is 4.90 Å². The van der Waals surface area contributed by atoms with Crippen molar-refractivity contribution in [3.05, 3.63) is 76.9 Å². The van der Waals surface area contributed by atoms with Crippen molar-refractivity contribution in [2.45, 2.75) is 19.4 Å². The molecule has 0 bridgehead atoms. The summed E-state index contributed by atoms with van der Waals surface area (Å²) in [7, 11) is 0. The first kappa shape index (κ1) is 18.4. The van der Waals surface area contributed by atoms with E-state index in [-0.39, 0.29) is 17.6 Å². The first-order chi connectivity index (χ1) is 13.6. The van der Waals surface area contributed by atoms with Crippen molar-refractivity contribution in [1.29, 1.82) is 0 Å². The third-order valence-corrected chi connectivity index (χ3v) is 5.85. The van der Waals surface area contributed by atoms with Crippen LogP contribution in [-0.2, 0) is 11.3 Å². The van der Waals surface area contributed by atoms with Crippen LogP contribution >= 0.6 is 11.3 Å². The molecular formula is C22H19FN2O2S. The van der Waals surface area contributed by atoms with Gasteiger partial charge >= 0.3 is 0 Å². The molecule has 0 radical (unpaired) electrons. The summed E-state index contributed by atoms with van der Waals surface area (Å²) in [5, 5.41) is 2.89. The summed E-state index contributed by atoms with van der Waals surface area (Å²) in [6.07, 6.45) is 1.56. The molecule has 28 heavy (non-hydrogen) atoms. The fourth-order valence-electron chi connectivity index (χ4n) is 3.21. The van der Waals surface area contributed by atoms with Crippen LogP contribution in [0.25, 0.3) is 10.4 Å². The summed E-state index contributed by atoms with van der Waals surface area (Å²) in [6, 6.07) is 17.4. The smallest absolute Gasteiger partial charge is 0.265 e. The second-order valence-corrected chi connectivity index (χ2v) is 7.82. The van der Waals surface area contributed by atoms with Gasteiger partial charge in [-0.25, -0.2) is 4.39 Å². The van der Waals surface area contributed by atoms with Gasteiger partial charge in [-0.05, 0) is 53.9 Å². The molecule has 1 N–H and O–H groups in total. The number of anilines is 1. The molecule has 4 rings (SSSR count). The van der Waals surface area contributed by atoms with E-state index in [0.717, 1.165) is 29.0 Å². The summed E-state index contributed by atoms with van der Waals surface area (Å²) in [5.41, 5.74) is 2.63. The number of carbonyl (C=O) groups is 2. The molecule has 2 amide bonds. The number of halogens is 1. The lowest BCUT2D eigenvalue weighted by Gasteiger charge is -2.15. The molecule has 0 atom stereocenters. The number of nitrogens with one attached hydrogen (secondary N) is 1. The second-order valence-electron chi connectivity index (χ2n) is 6.74. The van der Waals surface area contributed by atoms with Crippen LogP contribution in [0.2, 0.25) is 0 Å². The molecule has 1 aliphatic rings. The second kappa shape index (κ2) is 7.94. The zero-order chi connectivity index (χ0) is 19.5. The predicted octanol–water partition coefficient (Wildman–Crippen LogP) is 4.93. The molecule has 142 valence electrons. The quantitative estimate of drug-likeness (QED) is 0.667. The highest BCUT2D eigenvalue weighted by Crippen LogP contribution is 2.29. The molecule has 0 spiro atoms. The maximum Gasteiger partial charge on any atom is 0.265 e. The Morgan fingerprint density at radius 2 is 1.79 bits per heavy atom. The Bertz CT molecular complexity index is 996. The number of hydrogen-bond acceptors (Lipinski definition) is 3. The Kier molecular flexibility index (Phi) is 5.21. The van der Waals surface area contributed by atoms with Gasteiger partial charge in [0.1, 0.15) is 5.82 Å². The van der Waals surface area contributed by atoms with Crippen molar-refractivity contribution in [2.75, 3.05) is 11.9 Å². The van der Waals surface area contributed by atoms with Crippen LogP contribution in [-0.4, -0.2) is 23.3 Å². The van der Waals surface area contributed by atoms with Gasteiger partial charge in [-0.1, -0.05) is 24.3 Å². The number of rotatable bonds is 5. The molecule has 2 heterocycles. The van der Waals surface area contributed by atoms with Crippen LogP contribution in [0.3, 0.4) is 0 Å². The van der Waals surface area contributed by atoms with Gasteiger partial charge in [0.25, 0.3) is 5.91 Å². The molecule has 2 aromatic carbocycles. The van der Waals surface area contributed by atoms with E-state index in [1.54, 1.807) is 18.2 Å². The first-order valence-corrected chi connectivity index (χ1v) is 9.94. The largest absolute Gasteiger partial charge is 0.338 e. The van der Waals surface area contributed by atoms with E-state index in [1.165, 1.54) is 23.5 Å². The fourth-order valence-corrected chi connectivity index (χ4v) is 4.11. The molecular weight excluding hydrogens is 375 g/mol. The first-order valence-electron chi connectivity index (χ1n) is 9.12. The highest BCUT2D eigenvalue weighted by Gasteiger charge is 2.19. The normalized spacial score (nSPS) is 13.8. The highest BCUT2D eigenvalue weighted by molar-refractivity contribution is 7.17. The summed E-state index contributed by atoms with van der Waals surface area (Å²) in [6.45, 7) is 1.42.